The van der Waals surface area contributed by atoms with Crippen LogP contribution < -0.4 is 5.32 Å². The molecule has 3 unspecified atom stereocenters. The Hall–Kier alpha value is -2.91. The highest BCUT2D eigenvalue weighted by Gasteiger charge is 2.54. The van der Waals surface area contributed by atoms with Crippen molar-refractivity contribution in [2.45, 2.75) is 21.5 Å². The molecule has 1 aromatic heterocycles. The highest BCUT2D eigenvalue weighted by atomic mass is 32.2. The van der Waals surface area contributed by atoms with Crippen molar-refractivity contribution >= 4 is 52.1 Å². The molecule has 3 N–H and O–H groups in total. The smallest absolute Gasteiger partial charge is 0.352 e. The zero-order valence-corrected chi connectivity index (χ0v) is 19.5. The van der Waals surface area contributed by atoms with E-state index in [-0.39, 0.29) is 17.2 Å². The number of nitrogens with one attached hydrogen (secondary N) is 1. The average molecular weight is 511 g/mol. The normalized spacial score (nSPS) is 20.8. The van der Waals surface area contributed by atoms with Crippen molar-refractivity contribution in [2.24, 2.45) is 7.05 Å². The Kier molecular flexibility index (Phi) is 6.71. The van der Waals surface area contributed by atoms with Crippen LogP contribution in [0.1, 0.15) is 0 Å². The van der Waals surface area contributed by atoms with Crippen LogP contribution in [0.25, 0.3) is 0 Å². The van der Waals surface area contributed by atoms with Gasteiger partial charge in [-0.1, -0.05) is 11.8 Å². The van der Waals surface area contributed by atoms with Gasteiger partial charge in [-0.2, -0.15) is 0 Å². The van der Waals surface area contributed by atoms with Crippen LogP contribution in [0, 0.1) is 0 Å². The number of carbonyl (C=O) groups excluding carboxylic acids is 2. The summed E-state index contributed by atoms with van der Waals surface area (Å²) in [7, 11) is 0.0123. The van der Waals surface area contributed by atoms with Crippen LogP contribution in [0.15, 0.2) is 45.6 Å². The number of benzene rings is 1. The van der Waals surface area contributed by atoms with Gasteiger partial charge in [0.1, 0.15) is 28.6 Å². The molecule has 2 aromatic rings. The molecule has 4 rings (SSSR count). The summed E-state index contributed by atoms with van der Waals surface area (Å²) in [5.41, 5.74) is 0.466. The van der Waals surface area contributed by atoms with Crippen molar-refractivity contribution in [1.82, 2.24) is 30.4 Å². The van der Waals surface area contributed by atoms with Crippen molar-refractivity contribution in [3.05, 3.63) is 35.5 Å². The number of aromatic nitrogens is 4. The molecule has 174 valence electrons. The summed E-state index contributed by atoms with van der Waals surface area (Å²) >= 11 is 2.61. The number of nitrogens with zero attached hydrogens (tertiary/aromatic N) is 5. The monoisotopic (exact) mass is 510 g/mol. The lowest BCUT2D eigenvalue weighted by molar-refractivity contribution is -0.150. The van der Waals surface area contributed by atoms with E-state index in [2.05, 4.69) is 20.8 Å². The molecule has 33 heavy (non-hydrogen) atoms. The maximum absolute atomic E-state index is 12.7. The lowest BCUT2D eigenvalue weighted by Gasteiger charge is -2.49. The molecular weight excluding hydrogens is 492 g/mol. The predicted octanol–water partition coefficient (Wildman–Crippen LogP) is -0.446. The number of β-lactam (4-membered cyclic amide) rings is 1. The molecule has 0 spiro atoms. The first kappa shape index (κ1) is 23.3. The fraction of sp³-hybridized carbons (Fsp3) is 0.333. The van der Waals surface area contributed by atoms with Gasteiger partial charge in [0.15, 0.2) is 0 Å². The van der Waals surface area contributed by atoms with E-state index < -0.39 is 40.0 Å². The number of carboxylic acids is 1. The quantitative estimate of drug-likeness (QED) is 0.311. The summed E-state index contributed by atoms with van der Waals surface area (Å²) in [6.45, 7) is 0. The summed E-state index contributed by atoms with van der Waals surface area (Å²) in [6, 6.07) is 4.74. The topological polar surface area (TPSA) is 168 Å². The van der Waals surface area contributed by atoms with Crippen molar-refractivity contribution in [1.29, 1.82) is 0 Å². The molecule has 12 nitrogen and oxygen atoms in total. The Bertz CT molecular complexity index is 1170. The second-order valence-electron chi connectivity index (χ2n) is 7.07. The largest absolute Gasteiger partial charge is 0.508 e. The van der Waals surface area contributed by atoms with Crippen LogP contribution in [0.5, 0.6) is 5.75 Å². The molecule has 3 heterocycles. The number of thioether (sulfide) groups is 2. The zero-order chi connectivity index (χ0) is 23.7. The molecule has 1 aromatic carbocycles. The van der Waals surface area contributed by atoms with Crippen molar-refractivity contribution in [3.63, 3.8) is 0 Å². The first-order valence-electron chi connectivity index (χ1n) is 9.48. The maximum Gasteiger partial charge on any atom is 0.352 e. The van der Waals surface area contributed by atoms with Crippen molar-refractivity contribution < 1.29 is 28.8 Å². The minimum absolute atomic E-state index is 0.0167. The number of carboxylic acid groups (broad SMARTS) is 1. The number of phenolic OH excluding ortho intramolecular Hbond substituents is 1. The Labute approximate surface area is 198 Å². The number of aliphatic carboxylic acids is 1. The number of hydrogen-bond donors (Lipinski definition) is 3. The van der Waals surface area contributed by atoms with Gasteiger partial charge in [-0.05, 0) is 40.3 Å². The number of fused-ring (bicyclic) bond motifs is 1. The average Bonchev–Trinajstić information content (AvgIpc) is 3.20. The third kappa shape index (κ3) is 4.74. The fourth-order valence-corrected chi connectivity index (χ4v) is 6.57. The third-order valence-electron chi connectivity index (χ3n) is 4.88. The first-order valence-corrected chi connectivity index (χ1v) is 12.8. The molecule has 3 atom stereocenters. The molecule has 1 fully saturated rings. The highest BCUT2D eigenvalue weighted by Crippen LogP contribution is 2.41. The highest BCUT2D eigenvalue weighted by molar-refractivity contribution is 8.01. The predicted molar refractivity (Wildman–Crippen MR) is 119 cm³/mol. The van der Waals surface area contributed by atoms with Crippen LogP contribution in [-0.2, 0) is 32.2 Å². The van der Waals surface area contributed by atoms with E-state index in [4.69, 9.17) is 0 Å². The van der Waals surface area contributed by atoms with Crippen molar-refractivity contribution in [2.75, 3.05) is 17.3 Å². The molecule has 0 bridgehead atoms. The van der Waals surface area contributed by atoms with E-state index in [0.29, 0.717) is 27.1 Å². The molecular formula is C18H18N6O6S3. The Morgan fingerprint density at radius 1 is 1.33 bits per heavy atom. The SMILES string of the molecule is Cn1nnnc1SCC1=C(C(=O)O)N2C(=O)C(NC(=O)CS(=O)c3ccc(O)cc3)C2SC1. The zero-order valence-electron chi connectivity index (χ0n) is 17.1. The van der Waals surface area contributed by atoms with E-state index >= 15 is 0 Å². The first-order chi connectivity index (χ1) is 15.8. The summed E-state index contributed by atoms with van der Waals surface area (Å²) in [5, 5.41) is 32.7. The lowest BCUT2D eigenvalue weighted by atomic mass is 10.0. The van der Waals surface area contributed by atoms with E-state index in [1.807, 2.05) is 0 Å². The molecule has 0 radical (unpaired) electrons. The lowest BCUT2D eigenvalue weighted by Crippen LogP contribution is -2.70. The molecule has 15 heteroatoms. The van der Waals surface area contributed by atoms with Crippen LogP contribution >= 0.6 is 23.5 Å². The second kappa shape index (κ2) is 9.52. The number of phenols is 1. The van der Waals surface area contributed by atoms with E-state index in [1.54, 1.807) is 7.05 Å². The molecule has 0 aliphatic carbocycles. The standard InChI is InChI=1S/C18H18N6O6S3/c1-23-18(20-21-22-23)32-7-9-6-31-16-13(15(27)24(16)14(9)17(28)29)19-12(26)8-33(30)11-4-2-10(25)3-5-11/h2-5,13,16,25H,6-8H2,1H3,(H,19,26)(H,28,29). The van der Waals surface area contributed by atoms with Gasteiger partial charge >= 0.3 is 5.97 Å². The van der Waals surface area contributed by atoms with Crippen LogP contribution in [0.2, 0.25) is 0 Å². The molecule has 2 aliphatic rings. The minimum Gasteiger partial charge on any atom is -0.508 e. The van der Waals surface area contributed by atoms with Crippen LogP contribution in [0.3, 0.4) is 0 Å². The van der Waals surface area contributed by atoms with Gasteiger partial charge in [-0.3, -0.25) is 18.7 Å². The minimum atomic E-state index is -1.66. The molecule has 2 amide bonds. The number of aryl methyl sites for hydroxylation is 1. The van der Waals surface area contributed by atoms with E-state index in [0.717, 1.165) is 0 Å². The van der Waals surface area contributed by atoms with Gasteiger partial charge in [0, 0.05) is 23.4 Å². The Morgan fingerprint density at radius 2 is 2.06 bits per heavy atom. The number of aromatic hydroxyl groups is 1. The maximum atomic E-state index is 12.7. The number of tetrazole rings is 1. The Balaban J connectivity index is 1.40. The summed E-state index contributed by atoms with van der Waals surface area (Å²) < 4.78 is 13.8. The molecule has 2 aliphatic heterocycles. The van der Waals surface area contributed by atoms with Gasteiger partial charge in [0.2, 0.25) is 11.1 Å². The van der Waals surface area contributed by atoms with Crippen molar-refractivity contribution in [3.8, 4) is 5.75 Å². The van der Waals surface area contributed by atoms with Crippen LogP contribution in [-0.4, -0.2) is 86.0 Å². The van der Waals surface area contributed by atoms with Gasteiger partial charge in [0.05, 0.1) is 10.8 Å². The van der Waals surface area contributed by atoms with E-state index in [1.165, 1.54) is 57.4 Å². The number of rotatable bonds is 8. The van der Waals surface area contributed by atoms with E-state index in [9.17, 15) is 28.8 Å². The molecule has 0 saturated carbocycles. The molecule has 1 saturated heterocycles. The number of amides is 2. The number of carbonyl (C=O) groups is 3. The Morgan fingerprint density at radius 3 is 2.70 bits per heavy atom. The third-order valence-corrected chi connectivity index (χ3v) is 8.64. The summed E-state index contributed by atoms with van der Waals surface area (Å²) in [6.07, 6.45) is 0. The number of hydrogen-bond acceptors (Lipinski definition) is 10. The van der Waals surface area contributed by atoms with Gasteiger partial charge < -0.3 is 15.5 Å². The fourth-order valence-electron chi connectivity index (χ4n) is 3.30. The second-order valence-corrected chi connectivity index (χ2v) is 10.6. The van der Waals surface area contributed by atoms with Gasteiger partial charge in [-0.15, -0.1) is 16.9 Å². The van der Waals surface area contributed by atoms with Crippen LogP contribution in [0.4, 0.5) is 0 Å². The van der Waals surface area contributed by atoms with Gasteiger partial charge in [0.25, 0.3) is 5.91 Å². The summed E-state index contributed by atoms with van der Waals surface area (Å²) in [5.74, 6) is -2.03. The summed E-state index contributed by atoms with van der Waals surface area (Å²) in [4.78, 5) is 38.6. The van der Waals surface area contributed by atoms with Gasteiger partial charge in [-0.25, -0.2) is 9.48 Å².